The van der Waals surface area contributed by atoms with Gasteiger partial charge in [0, 0.05) is 32.1 Å². The van der Waals surface area contributed by atoms with Crippen LogP contribution in [0.1, 0.15) is 35.7 Å². The van der Waals surface area contributed by atoms with Gasteiger partial charge < -0.3 is 15.3 Å². The summed E-state index contributed by atoms with van der Waals surface area (Å²) in [4.78, 5) is 36.7. The van der Waals surface area contributed by atoms with Crippen LogP contribution in [0, 0.1) is 0 Å². The maximum atomic E-state index is 13.1. The van der Waals surface area contributed by atoms with Gasteiger partial charge in [-0.15, -0.1) is 0 Å². The van der Waals surface area contributed by atoms with Crippen molar-refractivity contribution in [3.63, 3.8) is 0 Å². The molecule has 0 spiro atoms. The van der Waals surface area contributed by atoms with Crippen molar-refractivity contribution in [2.75, 3.05) is 11.9 Å². The number of nitrogens with one attached hydrogen (secondary N) is 1. The predicted molar refractivity (Wildman–Crippen MR) is 104 cm³/mol. The molecule has 0 bridgehead atoms. The summed E-state index contributed by atoms with van der Waals surface area (Å²) in [5, 5.41) is 11.8. The van der Waals surface area contributed by atoms with Crippen LogP contribution in [-0.2, 0) is 16.1 Å². The Kier molecular flexibility index (Phi) is 7.37. The molecule has 0 aliphatic carbocycles. The molecule has 0 aliphatic rings. The van der Waals surface area contributed by atoms with Crippen molar-refractivity contribution >= 4 is 35.1 Å². The number of aliphatic carboxylic acids is 1. The number of benzene rings is 2. The quantitative estimate of drug-likeness (QED) is 0.720. The van der Waals surface area contributed by atoms with Gasteiger partial charge in [0.1, 0.15) is 0 Å². The smallest absolute Gasteiger partial charge is 0.303 e. The minimum absolute atomic E-state index is 0.0295. The number of nitrogens with zero attached hydrogens (tertiary/aromatic N) is 1. The molecule has 0 fully saturated rings. The van der Waals surface area contributed by atoms with E-state index in [1.165, 1.54) is 13.0 Å². The van der Waals surface area contributed by atoms with Crippen LogP contribution < -0.4 is 5.32 Å². The zero-order valence-corrected chi connectivity index (χ0v) is 15.7. The molecule has 0 saturated carbocycles. The van der Waals surface area contributed by atoms with Crippen LogP contribution in [0.15, 0.2) is 48.5 Å². The maximum Gasteiger partial charge on any atom is 0.303 e. The third kappa shape index (κ3) is 6.42. The highest BCUT2D eigenvalue weighted by Crippen LogP contribution is 2.23. The first-order valence-electron chi connectivity index (χ1n) is 8.49. The summed E-state index contributed by atoms with van der Waals surface area (Å²) in [6.07, 6.45) is 0.301. The van der Waals surface area contributed by atoms with Crippen molar-refractivity contribution in [1.29, 1.82) is 0 Å². The van der Waals surface area contributed by atoms with Crippen molar-refractivity contribution in [1.82, 2.24) is 4.90 Å². The van der Waals surface area contributed by atoms with Crippen LogP contribution in [0.25, 0.3) is 0 Å². The Morgan fingerprint density at radius 3 is 2.44 bits per heavy atom. The molecule has 0 heterocycles. The first kappa shape index (κ1) is 20.5. The molecule has 2 aromatic carbocycles. The van der Waals surface area contributed by atoms with Gasteiger partial charge in [0.25, 0.3) is 5.91 Å². The van der Waals surface area contributed by atoms with E-state index in [1.54, 1.807) is 17.0 Å². The Morgan fingerprint density at radius 1 is 1.11 bits per heavy atom. The topological polar surface area (TPSA) is 86.7 Å². The van der Waals surface area contributed by atoms with Crippen LogP contribution >= 0.6 is 11.6 Å². The molecule has 2 amide bonds. The summed E-state index contributed by atoms with van der Waals surface area (Å²) in [5.41, 5.74) is 1.66. The maximum absolute atomic E-state index is 13.1. The highest BCUT2D eigenvalue weighted by Gasteiger charge is 2.20. The molecule has 0 aliphatic heterocycles. The molecule has 7 heteroatoms. The summed E-state index contributed by atoms with van der Waals surface area (Å²) in [6, 6.07) is 14.1. The molecule has 0 aromatic heterocycles. The predicted octanol–water partition coefficient (Wildman–Crippen LogP) is 3.81. The molecule has 2 N–H and O–H groups in total. The fraction of sp³-hybridized carbons (Fsp3) is 0.250. The largest absolute Gasteiger partial charge is 0.481 e. The molecule has 0 unspecified atom stereocenters. The zero-order chi connectivity index (χ0) is 19.8. The monoisotopic (exact) mass is 388 g/mol. The van der Waals surface area contributed by atoms with Gasteiger partial charge in [0.05, 0.1) is 10.6 Å². The average molecular weight is 389 g/mol. The van der Waals surface area contributed by atoms with E-state index < -0.39 is 5.97 Å². The first-order valence-corrected chi connectivity index (χ1v) is 8.86. The number of hydrogen-bond donors (Lipinski definition) is 2. The Morgan fingerprint density at radius 2 is 1.81 bits per heavy atom. The van der Waals surface area contributed by atoms with Gasteiger partial charge in [0.15, 0.2) is 0 Å². The Hall–Kier alpha value is -2.86. The van der Waals surface area contributed by atoms with Gasteiger partial charge >= 0.3 is 5.97 Å². The minimum Gasteiger partial charge on any atom is -0.481 e. The average Bonchev–Trinajstić information content (AvgIpc) is 2.62. The van der Waals surface area contributed by atoms with Crippen LogP contribution in [0.4, 0.5) is 5.69 Å². The normalized spacial score (nSPS) is 10.3. The summed E-state index contributed by atoms with van der Waals surface area (Å²) >= 11 is 6.20. The standard InChI is InChI=1S/C20H21ClN2O4/c1-14(24)22-16-9-10-18(21)17(12-16)20(27)23(11-5-8-19(25)26)13-15-6-3-2-4-7-15/h2-4,6-7,9-10,12H,5,8,11,13H2,1H3,(H,22,24)(H,25,26). The summed E-state index contributed by atoms with van der Waals surface area (Å²) in [6.45, 7) is 1.99. The highest BCUT2D eigenvalue weighted by molar-refractivity contribution is 6.34. The molecule has 6 nitrogen and oxygen atoms in total. The fourth-order valence-electron chi connectivity index (χ4n) is 2.62. The number of amides is 2. The zero-order valence-electron chi connectivity index (χ0n) is 14.9. The van der Waals surface area contributed by atoms with Crippen molar-refractivity contribution < 1.29 is 19.5 Å². The Bertz CT molecular complexity index is 824. The molecule has 0 atom stereocenters. The van der Waals surface area contributed by atoms with Gasteiger partial charge in [-0.1, -0.05) is 41.9 Å². The van der Waals surface area contributed by atoms with Gasteiger partial charge in [-0.05, 0) is 30.2 Å². The number of anilines is 1. The summed E-state index contributed by atoms with van der Waals surface area (Å²) in [5.74, 6) is -1.48. The van der Waals surface area contributed by atoms with E-state index in [0.717, 1.165) is 5.56 Å². The van der Waals surface area contributed by atoms with Crippen molar-refractivity contribution in [2.24, 2.45) is 0 Å². The number of carbonyl (C=O) groups excluding carboxylic acids is 2. The molecular weight excluding hydrogens is 368 g/mol. The Labute approximate surface area is 162 Å². The molecule has 0 radical (unpaired) electrons. The molecule has 142 valence electrons. The second kappa shape index (κ2) is 9.73. The van der Waals surface area contributed by atoms with E-state index in [2.05, 4.69) is 5.32 Å². The molecule has 2 aromatic rings. The lowest BCUT2D eigenvalue weighted by Crippen LogP contribution is -2.32. The molecule has 27 heavy (non-hydrogen) atoms. The Balaban J connectivity index is 2.26. The van der Waals surface area contributed by atoms with Gasteiger partial charge in [-0.2, -0.15) is 0 Å². The summed E-state index contributed by atoms with van der Waals surface area (Å²) < 4.78 is 0. The number of carboxylic acid groups (broad SMARTS) is 1. The summed E-state index contributed by atoms with van der Waals surface area (Å²) in [7, 11) is 0. The number of carbonyl (C=O) groups is 3. The third-order valence-corrected chi connectivity index (χ3v) is 4.17. The van der Waals surface area contributed by atoms with Crippen LogP contribution in [-0.4, -0.2) is 34.3 Å². The van der Waals surface area contributed by atoms with E-state index in [0.29, 0.717) is 18.7 Å². The lowest BCUT2D eigenvalue weighted by molar-refractivity contribution is -0.137. The van der Waals surface area contributed by atoms with Gasteiger partial charge in [-0.25, -0.2) is 0 Å². The first-order chi connectivity index (χ1) is 12.9. The van der Waals surface area contributed by atoms with Gasteiger partial charge in [-0.3, -0.25) is 14.4 Å². The van der Waals surface area contributed by atoms with Crippen LogP contribution in [0.2, 0.25) is 5.02 Å². The highest BCUT2D eigenvalue weighted by atomic mass is 35.5. The lowest BCUT2D eigenvalue weighted by Gasteiger charge is -2.23. The SMILES string of the molecule is CC(=O)Nc1ccc(Cl)c(C(=O)N(CCCC(=O)O)Cc2ccccc2)c1. The van der Waals surface area contributed by atoms with E-state index >= 15 is 0 Å². The molecule has 2 rings (SSSR count). The second-order valence-corrected chi connectivity index (χ2v) is 6.49. The van der Waals surface area contributed by atoms with E-state index in [-0.39, 0.29) is 35.4 Å². The third-order valence-electron chi connectivity index (χ3n) is 3.84. The van der Waals surface area contributed by atoms with Gasteiger partial charge in [0.2, 0.25) is 5.91 Å². The number of halogens is 1. The van der Waals surface area contributed by atoms with Crippen molar-refractivity contribution in [2.45, 2.75) is 26.3 Å². The lowest BCUT2D eigenvalue weighted by atomic mass is 10.1. The minimum atomic E-state index is -0.909. The van der Waals surface area contributed by atoms with Crippen molar-refractivity contribution in [3.8, 4) is 0 Å². The van der Waals surface area contributed by atoms with Crippen molar-refractivity contribution in [3.05, 3.63) is 64.7 Å². The van der Waals surface area contributed by atoms with E-state index in [9.17, 15) is 14.4 Å². The number of rotatable bonds is 8. The van der Waals surface area contributed by atoms with E-state index in [4.69, 9.17) is 16.7 Å². The number of carboxylic acids is 1. The molecular formula is C20H21ClN2O4. The number of hydrogen-bond acceptors (Lipinski definition) is 3. The fourth-order valence-corrected chi connectivity index (χ4v) is 2.82. The second-order valence-electron chi connectivity index (χ2n) is 6.09. The van der Waals surface area contributed by atoms with Crippen LogP contribution in [0.3, 0.4) is 0 Å². The molecule has 0 saturated heterocycles. The van der Waals surface area contributed by atoms with Crippen LogP contribution in [0.5, 0.6) is 0 Å². The van der Waals surface area contributed by atoms with E-state index in [1.807, 2.05) is 30.3 Å².